The third kappa shape index (κ3) is 2.67. The number of rotatable bonds is 3. The van der Waals surface area contributed by atoms with Crippen molar-refractivity contribution in [1.82, 2.24) is 0 Å². The lowest BCUT2D eigenvalue weighted by molar-refractivity contribution is 0.210. The minimum absolute atomic E-state index is 0.334. The lowest BCUT2D eigenvalue weighted by atomic mass is 10.3. The van der Waals surface area contributed by atoms with Gasteiger partial charge in [-0.2, -0.15) is 4.99 Å². The molecule has 3 heteroatoms. The van der Waals surface area contributed by atoms with Crippen LogP contribution in [0, 0.1) is 0 Å². The van der Waals surface area contributed by atoms with Crippen LogP contribution < -0.4 is 4.74 Å². The second-order valence-electron chi connectivity index (χ2n) is 3.72. The summed E-state index contributed by atoms with van der Waals surface area (Å²) in [7, 11) is 0. The van der Waals surface area contributed by atoms with Crippen molar-refractivity contribution in [3.63, 3.8) is 0 Å². The van der Waals surface area contributed by atoms with Crippen LogP contribution in [-0.4, -0.2) is 12.2 Å². The van der Waals surface area contributed by atoms with Crippen LogP contribution in [0.2, 0.25) is 0 Å². The molecule has 0 unspecified atom stereocenters. The number of ether oxygens (including phenoxy) is 1. The number of hydrogen-bond acceptors (Lipinski definition) is 3. The molecule has 3 nitrogen and oxygen atoms in total. The Morgan fingerprint density at radius 3 is 2.87 bits per heavy atom. The Balaban J connectivity index is 2.06. The Kier molecular flexibility index (Phi) is 3.15. The summed E-state index contributed by atoms with van der Waals surface area (Å²) in [4.78, 5) is 13.7. The van der Waals surface area contributed by atoms with Crippen LogP contribution in [0.1, 0.15) is 25.7 Å². The lowest BCUT2D eigenvalue weighted by Gasteiger charge is -2.12. The van der Waals surface area contributed by atoms with Crippen molar-refractivity contribution in [2.75, 3.05) is 0 Å². The Morgan fingerprint density at radius 1 is 1.33 bits per heavy atom. The van der Waals surface area contributed by atoms with Gasteiger partial charge in [0.25, 0.3) is 0 Å². The van der Waals surface area contributed by atoms with E-state index in [0.29, 0.717) is 11.8 Å². The van der Waals surface area contributed by atoms with Gasteiger partial charge in [-0.15, -0.1) is 0 Å². The summed E-state index contributed by atoms with van der Waals surface area (Å²) >= 11 is 0. The number of isocyanates is 1. The minimum Gasteiger partial charge on any atom is -0.490 e. The summed E-state index contributed by atoms with van der Waals surface area (Å²) < 4.78 is 5.77. The maximum atomic E-state index is 10.1. The van der Waals surface area contributed by atoms with E-state index in [1.807, 2.05) is 12.1 Å². The highest BCUT2D eigenvalue weighted by atomic mass is 16.5. The molecule has 1 aromatic carbocycles. The van der Waals surface area contributed by atoms with Gasteiger partial charge >= 0.3 is 0 Å². The first-order valence-electron chi connectivity index (χ1n) is 5.23. The van der Waals surface area contributed by atoms with E-state index in [0.717, 1.165) is 18.6 Å². The zero-order valence-electron chi connectivity index (χ0n) is 8.48. The zero-order valence-corrected chi connectivity index (χ0v) is 8.48. The average molecular weight is 203 g/mol. The van der Waals surface area contributed by atoms with Crippen LogP contribution >= 0.6 is 0 Å². The summed E-state index contributed by atoms with van der Waals surface area (Å²) in [5, 5.41) is 0. The maximum absolute atomic E-state index is 10.1. The van der Waals surface area contributed by atoms with E-state index in [4.69, 9.17) is 4.74 Å². The minimum atomic E-state index is 0.334. The topological polar surface area (TPSA) is 38.7 Å². The summed E-state index contributed by atoms with van der Waals surface area (Å²) in [6.45, 7) is 0. The fraction of sp³-hybridized carbons (Fsp3) is 0.417. The molecule has 1 aliphatic carbocycles. The summed E-state index contributed by atoms with van der Waals surface area (Å²) in [5.41, 5.74) is 0.598. The van der Waals surface area contributed by atoms with E-state index in [2.05, 4.69) is 4.99 Å². The van der Waals surface area contributed by atoms with Gasteiger partial charge in [0.1, 0.15) is 5.75 Å². The number of aliphatic imine (C=N–C) groups is 1. The molecule has 0 saturated heterocycles. The van der Waals surface area contributed by atoms with Crippen LogP contribution in [0.15, 0.2) is 29.3 Å². The predicted molar refractivity (Wildman–Crippen MR) is 57.1 cm³/mol. The molecule has 0 heterocycles. The highest BCUT2D eigenvalue weighted by Crippen LogP contribution is 2.26. The summed E-state index contributed by atoms with van der Waals surface area (Å²) in [6, 6.07) is 7.25. The van der Waals surface area contributed by atoms with Crippen LogP contribution in [-0.2, 0) is 4.79 Å². The van der Waals surface area contributed by atoms with Crippen molar-refractivity contribution in [1.29, 1.82) is 0 Å². The van der Waals surface area contributed by atoms with E-state index >= 15 is 0 Å². The molecule has 0 aliphatic heterocycles. The number of nitrogens with zero attached hydrogens (tertiary/aromatic N) is 1. The van der Waals surface area contributed by atoms with Gasteiger partial charge in [0, 0.05) is 6.07 Å². The molecule has 0 aromatic heterocycles. The Hall–Kier alpha value is -1.60. The molecule has 0 radical (unpaired) electrons. The standard InChI is InChI=1S/C12H13NO2/c14-9-13-10-4-3-7-12(8-10)15-11-5-1-2-6-11/h3-4,7-8,11H,1-2,5-6H2. The SMILES string of the molecule is O=C=Nc1cccc(OC2CCCC2)c1. The summed E-state index contributed by atoms with van der Waals surface area (Å²) in [6.07, 6.45) is 6.60. The van der Waals surface area contributed by atoms with E-state index in [9.17, 15) is 4.79 Å². The van der Waals surface area contributed by atoms with E-state index < -0.39 is 0 Å². The van der Waals surface area contributed by atoms with Crippen molar-refractivity contribution >= 4 is 11.8 Å². The van der Waals surface area contributed by atoms with Crippen molar-refractivity contribution in [3.05, 3.63) is 24.3 Å². The zero-order chi connectivity index (χ0) is 10.5. The van der Waals surface area contributed by atoms with Gasteiger partial charge in [-0.1, -0.05) is 6.07 Å². The molecule has 2 rings (SSSR count). The average Bonchev–Trinajstić information content (AvgIpc) is 2.71. The third-order valence-corrected chi connectivity index (χ3v) is 2.60. The molecule has 15 heavy (non-hydrogen) atoms. The van der Waals surface area contributed by atoms with Gasteiger partial charge in [-0.25, -0.2) is 4.79 Å². The van der Waals surface area contributed by atoms with Crippen LogP contribution in [0.4, 0.5) is 5.69 Å². The lowest BCUT2D eigenvalue weighted by Crippen LogP contribution is -2.10. The first-order chi connectivity index (χ1) is 7.38. The van der Waals surface area contributed by atoms with E-state index in [1.54, 1.807) is 12.1 Å². The molecule has 0 spiro atoms. The molecular weight excluding hydrogens is 190 g/mol. The fourth-order valence-corrected chi connectivity index (χ4v) is 1.88. The van der Waals surface area contributed by atoms with Crippen LogP contribution in [0.25, 0.3) is 0 Å². The molecular formula is C12H13NO2. The second-order valence-corrected chi connectivity index (χ2v) is 3.72. The van der Waals surface area contributed by atoms with Crippen molar-refractivity contribution < 1.29 is 9.53 Å². The smallest absolute Gasteiger partial charge is 0.240 e. The molecule has 1 fully saturated rings. The molecule has 0 N–H and O–H groups in total. The van der Waals surface area contributed by atoms with Crippen LogP contribution in [0.3, 0.4) is 0 Å². The first kappa shape index (κ1) is 9.94. The first-order valence-corrected chi connectivity index (χ1v) is 5.23. The maximum Gasteiger partial charge on any atom is 0.240 e. The molecule has 0 bridgehead atoms. The molecule has 1 aromatic rings. The largest absolute Gasteiger partial charge is 0.490 e. The van der Waals surface area contributed by atoms with Gasteiger partial charge in [0.05, 0.1) is 11.8 Å². The highest BCUT2D eigenvalue weighted by molar-refractivity contribution is 5.51. The molecule has 0 atom stereocenters. The monoisotopic (exact) mass is 203 g/mol. The summed E-state index contributed by atoms with van der Waals surface area (Å²) in [5.74, 6) is 0.790. The van der Waals surface area contributed by atoms with Crippen molar-refractivity contribution in [3.8, 4) is 5.75 Å². The van der Waals surface area contributed by atoms with E-state index in [-0.39, 0.29) is 0 Å². The number of carbonyl (C=O) groups excluding carboxylic acids is 1. The van der Waals surface area contributed by atoms with Gasteiger partial charge in [-0.3, -0.25) is 0 Å². The molecule has 1 aliphatic rings. The fourth-order valence-electron chi connectivity index (χ4n) is 1.88. The Morgan fingerprint density at radius 2 is 2.13 bits per heavy atom. The quantitative estimate of drug-likeness (QED) is 0.559. The van der Waals surface area contributed by atoms with Gasteiger partial charge in [0.2, 0.25) is 6.08 Å². The van der Waals surface area contributed by atoms with Crippen molar-refractivity contribution in [2.45, 2.75) is 31.8 Å². The normalized spacial score (nSPS) is 16.0. The van der Waals surface area contributed by atoms with Gasteiger partial charge in [-0.05, 0) is 37.8 Å². The predicted octanol–water partition coefficient (Wildman–Crippen LogP) is 2.98. The number of hydrogen-bond donors (Lipinski definition) is 0. The van der Waals surface area contributed by atoms with Crippen LogP contribution in [0.5, 0.6) is 5.75 Å². The van der Waals surface area contributed by atoms with Crippen molar-refractivity contribution in [2.24, 2.45) is 4.99 Å². The Labute approximate surface area is 88.8 Å². The van der Waals surface area contributed by atoms with E-state index in [1.165, 1.54) is 18.9 Å². The number of benzene rings is 1. The Bertz CT molecular complexity index is 377. The van der Waals surface area contributed by atoms with Gasteiger partial charge in [0.15, 0.2) is 0 Å². The molecule has 1 saturated carbocycles. The highest BCUT2D eigenvalue weighted by Gasteiger charge is 2.16. The molecule has 0 amide bonds. The molecule has 78 valence electrons. The third-order valence-electron chi connectivity index (χ3n) is 2.60. The van der Waals surface area contributed by atoms with Gasteiger partial charge < -0.3 is 4.74 Å². The second kappa shape index (κ2) is 4.76.